The number of hydrogen-bond acceptors (Lipinski definition) is 3. The van der Waals surface area contributed by atoms with Gasteiger partial charge >= 0.3 is 5.97 Å². The van der Waals surface area contributed by atoms with Gasteiger partial charge in [-0.2, -0.15) is 0 Å². The summed E-state index contributed by atoms with van der Waals surface area (Å²) >= 11 is 3.43. The topological polar surface area (TPSA) is 77.4 Å². The van der Waals surface area contributed by atoms with Crippen LogP contribution in [0.2, 0.25) is 0 Å². The minimum Gasteiger partial charge on any atom is -0.545 e. The van der Waals surface area contributed by atoms with Gasteiger partial charge in [0, 0.05) is 23.9 Å². The smallest absolute Gasteiger partial charge is 0.338 e. The maximum atomic E-state index is 12.1. The van der Waals surface area contributed by atoms with Crippen LogP contribution in [-0.4, -0.2) is 34.6 Å². The van der Waals surface area contributed by atoms with Crippen LogP contribution in [0.1, 0.15) is 39.2 Å². The van der Waals surface area contributed by atoms with Crippen LogP contribution in [0.4, 0.5) is 0 Å². The molecule has 1 heterocycles. The Bertz CT molecular complexity index is 750. The first kappa shape index (κ1) is 19.4. The molecule has 0 fully saturated rings. The summed E-state index contributed by atoms with van der Waals surface area (Å²) in [7, 11) is 0. The Hall–Kier alpha value is -1.92. The average molecular weight is 408 g/mol. The quantitative estimate of drug-likeness (QED) is 0.761. The van der Waals surface area contributed by atoms with E-state index in [-0.39, 0.29) is 15.6 Å². The summed E-state index contributed by atoms with van der Waals surface area (Å²) in [6.07, 6.45) is 0. The van der Waals surface area contributed by atoms with Gasteiger partial charge in [-0.05, 0) is 25.5 Å². The molecule has 0 aromatic heterocycles. The first-order chi connectivity index (χ1) is 11.7. The number of allylic oxidation sites excluding steroid dienone is 2. The Morgan fingerprint density at radius 2 is 1.64 bits per heavy atom. The number of hydrogen-bond donors (Lipinski definition) is 1. The van der Waals surface area contributed by atoms with Gasteiger partial charge in [0.2, 0.25) is 0 Å². The zero-order valence-corrected chi connectivity index (χ0v) is 16.4. The first-order valence-corrected chi connectivity index (χ1v) is 9.01. The summed E-state index contributed by atoms with van der Waals surface area (Å²) in [6.45, 7) is 8.57. The average Bonchev–Trinajstić information content (AvgIpc) is 2.55. The molecule has 0 amide bonds. The summed E-state index contributed by atoms with van der Waals surface area (Å²) in [6, 6.07) is 7.11. The largest absolute Gasteiger partial charge is 0.545 e. The van der Waals surface area contributed by atoms with Crippen LogP contribution in [0.15, 0.2) is 51.3 Å². The van der Waals surface area contributed by atoms with E-state index in [1.165, 1.54) is 0 Å². The molecule has 1 aromatic carbocycles. The molecule has 1 aliphatic rings. The zero-order valence-electron chi connectivity index (χ0n) is 14.8. The van der Waals surface area contributed by atoms with E-state index in [0.29, 0.717) is 34.5 Å². The molecule has 2 rings (SSSR count). The summed E-state index contributed by atoms with van der Waals surface area (Å²) in [5, 5.41) is 22.0. The summed E-state index contributed by atoms with van der Waals surface area (Å²) in [5.41, 5.74) is 2.07. The van der Waals surface area contributed by atoms with Crippen molar-refractivity contribution in [2.24, 2.45) is 0 Å². The number of carbonyl (C=O) groups excluding carboxylic acids is 1. The Morgan fingerprint density at radius 1 is 1.12 bits per heavy atom. The van der Waals surface area contributed by atoms with Gasteiger partial charge in [-0.25, -0.2) is 4.79 Å². The van der Waals surface area contributed by atoms with Gasteiger partial charge in [-0.15, -0.1) is 0 Å². The van der Waals surface area contributed by atoms with Crippen LogP contribution in [-0.2, 0) is 9.59 Å². The molecule has 6 heteroatoms. The number of nitrogens with zero attached hydrogens (tertiary/aromatic N) is 1. The first-order valence-electron chi connectivity index (χ1n) is 8.21. The Labute approximate surface area is 156 Å². The molecule has 0 saturated heterocycles. The lowest BCUT2D eigenvalue weighted by molar-refractivity contribution is -0.853. The number of carboxylic acids is 2. The van der Waals surface area contributed by atoms with E-state index in [0.717, 1.165) is 0 Å². The van der Waals surface area contributed by atoms with Crippen molar-refractivity contribution in [1.29, 1.82) is 0 Å². The van der Waals surface area contributed by atoms with Crippen LogP contribution in [0, 0.1) is 0 Å². The molecule has 0 aliphatic carbocycles. The predicted molar refractivity (Wildman–Crippen MR) is 96.3 cm³/mol. The van der Waals surface area contributed by atoms with Gasteiger partial charge in [0.15, 0.2) is 0 Å². The fourth-order valence-electron chi connectivity index (χ4n) is 4.01. The second kappa shape index (κ2) is 7.14. The van der Waals surface area contributed by atoms with E-state index in [1.807, 2.05) is 13.8 Å². The highest BCUT2D eigenvalue weighted by atomic mass is 79.9. The van der Waals surface area contributed by atoms with Crippen molar-refractivity contribution < 1.29 is 24.3 Å². The molecule has 1 aromatic rings. The van der Waals surface area contributed by atoms with Gasteiger partial charge in [0.25, 0.3) is 0 Å². The fraction of sp³-hybridized carbons (Fsp3) is 0.368. The lowest BCUT2D eigenvalue weighted by Crippen LogP contribution is -2.51. The zero-order chi connectivity index (χ0) is 18.9. The van der Waals surface area contributed by atoms with Crippen LogP contribution in [0.25, 0.3) is 0 Å². The molecule has 0 saturated carbocycles. The standard InChI is InChI=1S/C19H22BrNO4/c1-5-21(6-2)11(3)15(18(22)23)17(16(12(21)4)19(24)25)13-9-7-8-10-14(13)20/h7-10,17H,5-6H2,1-4H3,(H-,22,23,24,25). The van der Waals surface area contributed by atoms with Crippen molar-refractivity contribution in [1.82, 2.24) is 0 Å². The van der Waals surface area contributed by atoms with Gasteiger partial charge in [0.05, 0.1) is 25.0 Å². The molecule has 1 aliphatic heterocycles. The van der Waals surface area contributed by atoms with Crippen molar-refractivity contribution in [3.05, 3.63) is 56.8 Å². The van der Waals surface area contributed by atoms with Crippen LogP contribution >= 0.6 is 15.9 Å². The van der Waals surface area contributed by atoms with Crippen LogP contribution < -0.4 is 5.11 Å². The lowest BCUT2D eigenvalue weighted by atomic mass is 9.78. The number of halogens is 1. The molecule has 0 bridgehead atoms. The van der Waals surface area contributed by atoms with E-state index < -0.39 is 17.9 Å². The lowest BCUT2D eigenvalue weighted by Gasteiger charge is -2.44. The monoisotopic (exact) mass is 407 g/mol. The number of quaternary nitrogens is 1. The highest BCUT2D eigenvalue weighted by molar-refractivity contribution is 9.10. The molecule has 0 spiro atoms. The minimum atomic E-state index is -1.33. The molecule has 25 heavy (non-hydrogen) atoms. The van der Waals surface area contributed by atoms with E-state index in [4.69, 9.17) is 0 Å². The van der Waals surface area contributed by atoms with Crippen molar-refractivity contribution >= 4 is 27.9 Å². The van der Waals surface area contributed by atoms with Gasteiger partial charge in [-0.3, -0.25) is 4.48 Å². The number of rotatable bonds is 5. The third kappa shape index (κ3) is 2.93. The van der Waals surface area contributed by atoms with Crippen LogP contribution in [0.5, 0.6) is 0 Å². The normalized spacial score (nSPS) is 20.0. The highest BCUT2D eigenvalue weighted by Crippen LogP contribution is 2.46. The van der Waals surface area contributed by atoms with E-state index in [9.17, 15) is 19.8 Å². The molecule has 5 nitrogen and oxygen atoms in total. The Kier molecular flexibility index (Phi) is 5.54. The van der Waals surface area contributed by atoms with Crippen LogP contribution in [0.3, 0.4) is 0 Å². The van der Waals surface area contributed by atoms with Crippen molar-refractivity contribution in [2.45, 2.75) is 33.6 Å². The maximum absolute atomic E-state index is 12.1. The summed E-state index contributed by atoms with van der Waals surface area (Å²) < 4.78 is 0.900. The van der Waals surface area contributed by atoms with Crippen molar-refractivity contribution in [3.63, 3.8) is 0 Å². The number of benzene rings is 1. The SMILES string of the molecule is CC[N+]1(CC)C(C)=C(C(=O)[O-])C(c2ccccc2Br)C(C(=O)O)=C1C. The second-order valence-corrected chi connectivity index (χ2v) is 7.00. The molecule has 134 valence electrons. The van der Waals surface area contributed by atoms with E-state index in [2.05, 4.69) is 15.9 Å². The Balaban J connectivity index is 2.93. The number of carboxylic acid groups (broad SMARTS) is 2. The van der Waals surface area contributed by atoms with E-state index in [1.54, 1.807) is 38.1 Å². The van der Waals surface area contributed by atoms with Crippen molar-refractivity contribution in [3.8, 4) is 0 Å². The molecular weight excluding hydrogens is 386 g/mol. The molecule has 1 atom stereocenters. The molecule has 1 unspecified atom stereocenters. The summed E-state index contributed by atoms with van der Waals surface area (Å²) in [4.78, 5) is 24.2. The second-order valence-electron chi connectivity index (χ2n) is 6.15. The molecule has 1 N–H and O–H groups in total. The van der Waals surface area contributed by atoms with Gasteiger partial charge in [0.1, 0.15) is 17.0 Å². The number of carbonyl (C=O) groups is 2. The fourth-order valence-corrected chi connectivity index (χ4v) is 4.52. The number of aliphatic carboxylic acids is 2. The van der Waals surface area contributed by atoms with Gasteiger partial charge < -0.3 is 15.0 Å². The third-order valence-electron chi connectivity index (χ3n) is 5.39. The predicted octanol–water partition coefficient (Wildman–Crippen LogP) is 2.79. The van der Waals surface area contributed by atoms with Crippen molar-refractivity contribution in [2.75, 3.05) is 13.1 Å². The third-order valence-corrected chi connectivity index (χ3v) is 6.11. The maximum Gasteiger partial charge on any atom is 0.338 e. The van der Waals surface area contributed by atoms with Gasteiger partial charge in [-0.1, -0.05) is 34.1 Å². The van der Waals surface area contributed by atoms with E-state index >= 15 is 0 Å². The molecular formula is C19H22BrNO4. The Morgan fingerprint density at radius 3 is 2.08 bits per heavy atom. The minimum absolute atomic E-state index is 0.0404. The summed E-state index contributed by atoms with van der Waals surface area (Å²) in [5.74, 6) is -3.30. The molecule has 0 radical (unpaired) electrons. The highest BCUT2D eigenvalue weighted by Gasteiger charge is 2.46.